The van der Waals surface area contributed by atoms with E-state index in [2.05, 4.69) is 20.7 Å². The van der Waals surface area contributed by atoms with E-state index in [9.17, 15) is 4.79 Å². The Hall–Kier alpha value is 1.27. The van der Waals surface area contributed by atoms with Gasteiger partial charge in [-0.25, -0.2) is 4.79 Å². The third-order valence-corrected chi connectivity index (χ3v) is 0.515. The molecule has 0 spiro atoms. The number of hydrogen-bond acceptors (Lipinski definition) is 3. The van der Waals surface area contributed by atoms with Gasteiger partial charge < -0.3 is 16.4 Å². The molecule has 0 aliphatic heterocycles. The van der Waals surface area contributed by atoms with E-state index < -0.39 is 6.16 Å². The Bertz CT molecular complexity index is 139. The van der Waals surface area contributed by atoms with Crippen LogP contribution in [0.2, 0.25) is 0 Å². The molecule has 1 unspecified atom stereocenters. The Kier molecular flexibility index (Phi) is 19.4. The predicted octanol–water partition coefficient (Wildman–Crippen LogP) is -1.37. The molecule has 0 radical (unpaired) electrons. The maximum absolute atomic E-state index is 10.0. The van der Waals surface area contributed by atoms with Crippen molar-refractivity contribution >= 4 is 28.1 Å². The van der Waals surface area contributed by atoms with Crippen molar-refractivity contribution in [1.29, 1.82) is 0 Å². The molecule has 0 aromatic rings. The molecule has 0 saturated carbocycles. The van der Waals surface area contributed by atoms with E-state index in [1.807, 2.05) is 0 Å². The fraction of sp³-hybridized carbons (Fsp3) is 0.600. The molecule has 68 valence electrons. The molecule has 0 aliphatic carbocycles. The number of hydrogen-bond donors (Lipinski definition) is 2. The standard InChI is InChI=1S/C4H7BrO2.CH2O3.Cs.H/c1-3(5)7-4(2)6;2-1(3)4;;/h3H,1-2H3;(H2,2,3,4);;/q;;+1;-1. The fourth-order valence-electron chi connectivity index (χ4n) is 0.229. The second kappa shape index (κ2) is 12.3. The molecule has 12 heavy (non-hydrogen) atoms. The van der Waals surface area contributed by atoms with Crippen LogP contribution in [0.5, 0.6) is 0 Å². The number of halogens is 1. The third kappa shape index (κ3) is 42.8. The van der Waals surface area contributed by atoms with Gasteiger partial charge in [-0.2, -0.15) is 0 Å². The SMILES string of the molecule is CC(=O)OC(C)Br.O=C(O)O.[Cs+].[H-]. The summed E-state index contributed by atoms with van der Waals surface area (Å²) in [7, 11) is 0. The Morgan fingerprint density at radius 3 is 1.75 bits per heavy atom. The van der Waals surface area contributed by atoms with E-state index in [0.717, 1.165) is 0 Å². The number of rotatable bonds is 1. The van der Waals surface area contributed by atoms with Gasteiger partial charge in [0.2, 0.25) is 0 Å². The normalized spacial score (nSPS) is 9.58. The molecule has 0 rings (SSSR count). The van der Waals surface area contributed by atoms with E-state index in [1.165, 1.54) is 6.92 Å². The van der Waals surface area contributed by atoms with Crippen LogP contribution < -0.4 is 68.9 Å². The van der Waals surface area contributed by atoms with Crippen LogP contribution >= 0.6 is 15.9 Å². The van der Waals surface area contributed by atoms with Crippen LogP contribution in [0.15, 0.2) is 0 Å². The van der Waals surface area contributed by atoms with Gasteiger partial charge in [-0.15, -0.1) is 0 Å². The van der Waals surface area contributed by atoms with Crippen LogP contribution in [0.1, 0.15) is 15.3 Å². The van der Waals surface area contributed by atoms with Crippen molar-refractivity contribution in [2.24, 2.45) is 0 Å². The molecular weight excluding hydrogens is 353 g/mol. The Balaban J connectivity index is -0.0000000600. The van der Waals surface area contributed by atoms with Gasteiger partial charge >= 0.3 is 81.0 Å². The average molecular weight is 363 g/mol. The summed E-state index contributed by atoms with van der Waals surface area (Å²) < 4.78 is 4.53. The van der Waals surface area contributed by atoms with Crippen molar-refractivity contribution in [1.82, 2.24) is 0 Å². The number of carbonyl (C=O) groups is 2. The van der Waals surface area contributed by atoms with Crippen molar-refractivity contribution in [3.63, 3.8) is 0 Å². The minimum atomic E-state index is -1.83. The van der Waals surface area contributed by atoms with Crippen LogP contribution in [0.4, 0.5) is 4.79 Å². The molecule has 0 heterocycles. The molecule has 0 aromatic heterocycles. The third-order valence-electron chi connectivity index (χ3n) is 0.328. The Morgan fingerprint density at radius 1 is 1.50 bits per heavy atom. The number of esters is 1. The summed E-state index contributed by atoms with van der Waals surface area (Å²) in [6.45, 7) is 3.11. The largest absolute Gasteiger partial charge is 1.00 e. The van der Waals surface area contributed by atoms with Gasteiger partial charge in [0.15, 0.2) is 5.01 Å². The van der Waals surface area contributed by atoms with E-state index in [1.54, 1.807) is 6.92 Å². The van der Waals surface area contributed by atoms with Crippen molar-refractivity contribution in [2.75, 3.05) is 0 Å². The van der Waals surface area contributed by atoms with Gasteiger partial charge in [-0.1, -0.05) is 0 Å². The fourth-order valence-corrected chi connectivity index (χ4v) is 0.492. The summed E-state index contributed by atoms with van der Waals surface area (Å²) in [4.78, 5) is 18.6. The first kappa shape index (κ1) is 18.9. The van der Waals surface area contributed by atoms with E-state index in [4.69, 9.17) is 15.0 Å². The number of ether oxygens (including phenoxy) is 1. The monoisotopic (exact) mass is 362 g/mol. The van der Waals surface area contributed by atoms with Crippen LogP contribution in [-0.4, -0.2) is 27.4 Å². The van der Waals surface area contributed by atoms with Crippen LogP contribution in [0.3, 0.4) is 0 Å². The first-order chi connectivity index (χ1) is 4.86. The van der Waals surface area contributed by atoms with Crippen molar-refractivity contribution in [3.8, 4) is 0 Å². The molecule has 0 amide bonds. The maximum Gasteiger partial charge on any atom is 1.00 e. The zero-order chi connectivity index (χ0) is 9.44. The predicted molar refractivity (Wildman–Crippen MR) is 41.9 cm³/mol. The summed E-state index contributed by atoms with van der Waals surface area (Å²) in [6, 6.07) is 0. The minimum absolute atomic E-state index is 0. The molecule has 0 saturated heterocycles. The second-order valence-electron chi connectivity index (χ2n) is 1.44. The van der Waals surface area contributed by atoms with Gasteiger partial charge in [0, 0.05) is 6.92 Å². The minimum Gasteiger partial charge on any atom is -1.00 e. The van der Waals surface area contributed by atoms with Gasteiger partial charge in [0.05, 0.1) is 0 Å². The first-order valence-corrected chi connectivity index (χ1v) is 3.51. The maximum atomic E-state index is 10.0. The molecular formula is C5H10BrCsO5. The Morgan fingerprint density at radius 2 is 1.75 bits per heavy atom. The van der Waals surface area contributed by atoms with Crippen LogP contribution in [0.25, 0.3) is 0 Å². The van der Waals surface area contributed by atoms with Crippen molar-refractivity contribution in [2.45, 2.75) is 18.9 Å². The van der Waals surface area contributed by atoms with Crippen molar-refractivity contribution in [3.05, 3.63) is 0 Å². The second-order valence-corrected chi connectivity index (χ2v) is 2.72. The van der Waals surface area contributed by atoms with Gasteiger partial charge in [-0.05, 0) is 22.9 Å². The molecule has 0 aliphatic rings. The zero-order valence-electron chi connectivity index (χ0n) is 8.07. The van der Waals surface area contributed by atoms with E-state index in [0.29, 0.717) is 0 Å². The van der Waals surface area contributed by atoms with Crippen LogP contribution in [0, 0.1) is 0 Å². The van der Waals surface area contributed by atoms with Crippen molar-refractivity contribution < 1.29 is 94.9 Å². The molecule has 1 atom stereocenters. The Labute approximate surface area is 139 Å². The number of carboxylic acid groups (broad SMARTS) is 2. The molecule has 0 fully saturated rings. The molecule has 5 nitrogen and oxygen atoms in total. The topological polar surface area (TPSA) is 83.8 Å². The van der Waals surface area contributed by atoms with E-state index in [-0.39, 0.29) is 81.3 Å². The smallest absolute Gasteiger partial charge is 1.00 e. The summed E-state index contributed by atoms with van der Waals surface area (Å²) in [5.41, 5.74) is 0. The molecule has 2 N–H and O–H groups in total. The van der Waals surface area contributed by atoms with Crippen LogP contribution in [-0.2, 0) is 9.53 Å². The zero-order valence-corrected chi connectivity index (χ0v) is 14.9. The number of carbonyl (C=O) groups excluding carboxylic acids is 1. The number of alkyl halides is 1. The van der Waals surface area contributed by atoms with Gasteiger partial charge in [0.25, 0.3) is 0 Å². The molecule has 7 heteroatoms. The van der Waals surface area contributed by atoms with Gasteiger partial charge in [0.1, 0.15) is 0 Å². The van der Waals surface area contributed by atoms with E-state index >= 15 is 0 Å². The quantitative estimate of drug-likeness (QED) is 0.444. The summed E-state index contributed by atoms with van der Waals surface area (Å²) in [5.74, 6) is -0.260. The van der Waals surface area contributed by atoms with Gasteiger partial charge in [-0.3, -0.25) is 4.79 Å². The summed E-state index contributed by atoms with van der Waals surface area (Å²) in [6.07, 6.45) is -1.83. The first-order valence-electron chi connectivity index (χ1n) is 2.59. The molecule has 0 bridgehead atoms. The average Bonchev–Trinajstić information content (AvgIpc) is 1.56. The summed E-state index contributed by atoms with van der Waals surface area (Å²) in [5, 5.41) is 13.8. The summed E-state index contributed by atoms with van der Waals surface area (Å²) >= 11 is 3.03. The molecule has 0 aromatic carbocycles.